The van der Waals surface area contributed by atoms with Crippen LogP contribution in [0.4, 0.5) is 5.69 Å². The molecule has 12 heavy (non-hydrogen) atoms. The van der Waals surface area contributed by atoms with Crippen molar-refractivity contribution >= 4 is 16.7 Å². The Hall–Kier alpha value is -0.840. The van der Waals surface area contributed by atoms with Crippen molar-refractivity contribution in [3.63, 3.8) is 0 Å². The minimum Gasteiger partial charge on any atom is -0.396 e. The standard InChI is InChI=1S/C7H13N3OS/c1-4-12(11)10-6(3)7(8)5(2)9-10/h4,8H2,1-3H3. The van der Waals surface area contributed by atoms with Gasteiger partial charge in [0.05, 0.1) is 17.1 Å². The molecular weight excluding hydrogens is 174 g/mol. The van der Waals surface area contributed by atoms with Crippen LogP contribution in [0.2, 0.25) is 0 Å². The largest absolute Gasteiger partial charge is 0.396 e. The quantitative estimate of drug-likeness (QED) is 0.738. The first-order valence-corrected chi connectivity index (χ1v) is 5.06. The van der Waals surface area contributed by atoms with Gasteiger partial charge in [-0.15, -0.1) is 0 Å². The van der Waals surface area contributed by atoms with Crippen LogP contribution in [0.1, 0.15) is 18.3 Å². The van der Waals surface area contributed by atoms with E-state index in [-0.39, 0.29) is 0 Å². The summed E-state index contributed by atoms with van der Waals surface area (Å²) in [6, 6.07) is 0. The summed E-state index contributed by atoms with van der Waals surface area (Å²) in [4.78, 5) is 0. The van der Waals surface area contributed by atoms with Gasteiger partial charge < -0.3 is 5.73 Å². The van der Waals surface area contributed by atoms with E-state index in [4.69, 9.17) is 5.73 Å². The van der Waals surface area contributed by atoms with E-state index in [1.54, 1.807) is 0 Å². The zero-order valence-electron chi connectivity index (χ0n) is 7.50. The Labute approximate surface area is 74.3 Å². The van der Waals surface area contributed by atoms with E-state index >= 15 is 0 Å². The molecule has 0 saturated heterocycles. The highest BCUT2D eigenvalue weighted by atomic mass is 32.2. The van der Waals surface area contributed by atoms with Gasteiger partial charge in [0.15, 0.2) is 0 Å². The van der Waals surface area contributed by atoms with Gasteiger partial charge in [0.25, 0.3) is 0 Å². The van der Waals surface area contributed by atoms with Gasteiger partial charge in [0, 0.05) is 5.75 Å². The lowest BCUT2D eigenvalue weighted by atomic mass is 10.3. The average Bonchev–Trinajstić information content (AvgIpc) is 2.32. The Morgan fingerprint density at radius 1 is 1.58 bits per heavy atom. The maximum atomic E-state index is 11.4. The molecule has 2 N–H and O–H groups in total. The van der Waals surface area contributed by atoms with Crippen molar-refractivity contribution in [2.75, 3.05) is 11.5 Å². The number of hydrogen-bond donors (Lipinski definition) is 1. The summed E-state index contributed by atoms with van der Waals surface area (Å²) in [6.45, 7) is 5.48. The highest BCUT2D eigenvalue weighted by Crippen LogP contribution is 2.15. The first-order valence-electron chi connectivity index (χ1n) is 3.78. The van der Waals surface area contributed by atoms with E-state index in [0.717, 1.165) is 11.4 Å². The number of aromatic nitrogens is 2. The molecule has 0 amide bonds. The number of nitrogens with two attached hydrogens (primary N) is 1. The second kappa shape index (κ2) is 3.26. The summed E-state index contributed by atoms with van der Waals surface area (Å²) in [5.41, 5.74) is 7.84. The summed E-state index contributed by atoms with van der Waals surface area (Å²) < 4.78 is 12.8. The number of nitrogen functional groups attached to an aromatic ring is 1. The van der Waals surface area contributed by atoms with Crippen LogP contribution in [0.25, 0.3) is 0 Å². The Balaban J connectivity index is 3.17. The lowest BCUT2D eigenvalue weighted by molar-refractivity contribution is 0.669. The highest BCUT2D eigenvalue weighted by molar-refractivity contribution is 7.83. The topological polar surface area (TPSA) is 60.9 Å². The van der Waals surface area contributed by atoms with Crippen LogP contribution in [-0.2, 0) is 11.0 Å². The van der Waals surface area contributed by atoms with E-state index in [1.165, 1.54) is 4.09 Å². The van der Waals surface area contributed by atoms with Gasteiger partial charge >= 0.3 is 0 Å². The maximum absolute atomic E-state index is 11.4. The molecule has 5 heteroatoms. The van der Waals surface area contributed by atoms with Gasteiger partial charge in [-0.25, -0.2) is 4.21 Å². The zero-order chi connectivity index (χ0) is 9.30. The van der Waals surface area contributed by atoms with E-state index in [9.17, 15) is 4.21 Å². The van der Waals surface area contributed by atoms with Crippen LogP contribution in [0.5, 0.6) is 0 Å². The van der Waals surface area contributed by atoms with E-state index < -0.39 is 11.0 Å². The van der Waals surface area contributed by atoms with Gasteiger partial charge in [-0.2, -0.15) is 9.19 Å². The molecule has 68 valence electrons. The second-order valence-corrected chi connectivity index (χ2v) is 4.13. The number of anilines is 1. The van der Waals surface area contributed by atoms with Crippen molar-refractivity contribution in [3.05, 3.63) is 11.4 Å². The van der Waals surface area contributed by atoms with Crippen LogP contribution in [0.15, 0.2) is 0 Å². The maximum Gasteiger partial charge on any atom is 0.140 e. The third-order valence-corrected chi connectivity index (χ3v) is 2.98. The van der Waals surface area contributed by atoms with Crippen molar-refractivity contribution in [1.29, 1.82) is 0 Å². The summed E-state index contributed by atoms with van der Waals surface area (Å²) in [5.74, 6) is 0.557. The molecular formula is C7H13N3OS. The summed E-state index contributed by atoms with van der Waals surface area (Å²) in [6.07, 6.45) is 0. The van der Waals surface area contributed by atoms with Crippen molar-refractivity contribution in [1.82, 2.24) is 9.19 Å². The molecule has 0 aliphatic carbocycles. The van der Waals surface area contributed by atoms with Crippen molar-refractivity contribution in [3.8, 4) is 0 Å². The Bertz CT molecular complexity index is 319. The number of rotatable bonds is 2. The van der Waals surface area contributed by atoms with Gasteiger partial charge in [-0.1, -0.05) is 6.92 Å². The fourth-order valence-electron chi connectivity index (χ4n) is 0.950. The fraction of sp³-hybridized carbons (Fsp3) is 0.571. The van der Waals surface area contributed by atoms with E-state index in [2.05, 4.69) is 5.10 Å². The van der Waals surface area contributed by atoms with Crippen LogP contribution in [0, 0.1) is 13.8 Å². The van der Waals surface area contributed by atoms with Gasteiger partial charge in [-0.05, 0) is 13.8 Å². The lowest BCUT2D eigenvalue weighted by Crippen LogP contribution is -2.10. The molecule has 0 aliphatic heterocycles. The molecule has 1 heterocycles. The smallest absolute Gasteiger partial charge is 0.140 e. The molecule has 1 aromatic heterocycles. The number of aryl methyl sites for hydroxylation is 1. The molecule has 0 aromatic carbocycles. The molecule has 4 nitrogen and oxygen atoms in total. The van der Waals surface area contributed by atoms with E-state index in [1.807, 2.05) is 20.8 Å². The summed E-state index contributed by atoms with van der Waals surface area (Å²) >= 11 is 0. The average molecular weight is 187 g/mol. The minimum absolute atomic E-state index is 0.557. The molecule has 0 radical (unpaired) electrons. The Kier molecular flexibility index (Phi) is 2.52. The van der Waals surface area contributed by atoms with Gasteiger partial charge in [0.2, 0.25) is 0 Å². The molecule has 0 saturated carbocycles. The third kappa shape index (κ3) is 1.36. The summed E-state index contributed by atoms with van der Waals surface area (Å²) in [5, 5.41) is 4.07. The van der Waals surface area contributed by atoms with Crippen molar-refractivity contribution in [2.45, 2.75) is 20.8 Å². The second-order valence-electron chi connectivity index (χ2n) is 2.57. The fourth-order valence-corrected chi connectivity index (χ4v) is 1.81. The predicted molar refractivity (Wildman–Crippen MR) is 50.2 cm³/mol. The molecule has 0 bridgehead atoms. The minimum atomic E-state index is -1.07. The third-order valence-electron chi connectivity index (χ3n) is 1.75. The van der Waals surface area contributed by atoms with Crippen LogP contribution < -0.4 is 5.73 Å². The Morgan fingerprint density at radius 2 is 2.17 bits per heavy atom. The first kappa shape index (κ1) is 9.25. The lowest BCUT2D eigenvalue weighted by Gasteiger charge is -1.99. The van der Waals surface area contributed by atoms with Crippen LogP contribution >= 0.6 is 0 Å². The van der Waals surface area contributed by atoms with Crippen molar-refractivity contribution < 1.29 is 4.21 Å². The predicted octanol–water partition coefficient (Wildman–Crippen LogP) is 0.614. The zero-order valence-corrected chi connectivity index (χ0v) is 8.31. The highest BCUT2D eigenvalue weighted by Gasteiger charge is 2.11. The number of hydrogen-bond acceptors (Lipinski definition) is 3. The van der Waals surface area contributed by atoms with Crippen LogP contribution in [0.3, 0.4) is 0 Å². The SMILES string of the molecule is CCS(=O)n1nc(C)c(N)c1C. The molecule has 1 aromatic rings. The normalized spacial score (nSPS) is 13.2. The molecule has 0 aliphatic rings. The number of nitrogens with zero attached hydrogens (tertiary/aromatic N) is 2. The van der Waals surface area contributed by atoms with Crippen LogP contribution in [-0.4, -0.2) is 19.1 Å². The van der Waals surface area contributed by atoms with Crippen molar-refractivity contribution in [2.24, 2.45) is 0 Å². The van der Waals surface area contributed by atoms with Gasteiger partial charge in [0.1, 0.15) is 11.0 Å². The van der Waals surface area contributed by atoms with Gasteiger partial charge in [-0.3, -0.25) is 0 Å². The first-order chi connectivity index (χ1) is 5.57. The Morgan fingerprint density at radius 3 is 2.50 bits per heavy atom. The molecule has 1 atom stereocenters. The van der Waals surface area contributed by atoms with E-state index in [0.29, 0.717) is 11.4 Å². The summed E-state index contributed by atoms with van der Waals surface area (Å²) in [7, 11) is -1.07. The molecule has 0 spiro atoms. The molecule has 1 unspecified atom stereocenters. The monoisotopic (exact) mass is 187 g/mol. The molecule has 0 fully saturated rings. The molecule has 1 rings (SSSR count).